The second-order valence-corrected chi connectivity index (χ2v) is 6.51. The third-order valence-electron chi connectivity index (χ3n) is 4.36. The van der Waals surface area contributed by atoms with Crippen molar-refractivity contribution in [3.05, 3.63) is 90.5 Å². The van der Waals surface area contributed by atoms with Crippen LogP contribution < -0.4 is 10.1 Å². The molecule has 0 bridgehead atoms. The van der Waals surface area contributed by atoms with Crippen LogP contribution in [-0.4, -0.2) is 25.1 Å². The number of carbonyl (C=O) groups excluding carboxylic acids is 2. The van der Waals surface area contributed by atoms with Gasteiger partial charge in [-0.1, -0.05) is 78.9 Å². The molecule has 5 heteroatoms. The molecule has 1 amide bonds. The van der Waals surface area contributed by atoms with Gasteiger partial charge >= 0.3 is 5.97 Å². The van der Waals surface area contributed by atoms with Crippen molar-refractivity contribution >= 4 is 11.9 Å². The first-order chi connectivity index (χ1) is 14.1. The van der Waals surface area contributed by atoms with Gasteiger partial charge in [-0.15, -0.1) is 0 Å². The Morgan fingerprint density at radius 3 is 2.17 bits per heavy atom. The van der Waals surface area contributed by atoms with Crippen molar-refractivity contribution in [3.63, 3.8) is 0 Å². The number of benzene rings is 3. The molecule has 1 atom stereocenters. The summed E-state index contributed by atoms with van der Waals surface area (Å²) in [7, 11) is 0. The highest BCUT2D eigenvalue weighted by Crippen LogP contribution is 2.29. The Balaban J connectivity index is 1.48. The first-order valence-corrected chi connectivity index (χ1v) is 9.40. The van der Waals surface area contributed by atoms with Crippen LogP contribution in [0.4, 0.5) is 0 Å². The first-order valence-electron chi connectivity index (χ1n) is 9.40. The van der Waals surface area contributed by atoms with Crippen molar-refractivity contribution in [1.82, 2.24) is 5.32 Å². The van der Waals surface area contributed by atoms with E-state index in [2.05, 4.69) is 5.32 Å². The summed E-state index contributed by atoms with van der Waals surface area (Å²) in [6.07, 6.45) is 0. The number of amides is 1. The molecular weight excluding hydrogens is 366 g/mol. The van der Waals surface area contributed by atoms with E-state index in [9.17, 15) is 9.59 Å². The minimum Gasteiger partial charge on any atom is -0.481 e. The van der Waals surface area contributed by atoms with Crippen LogP contribution in [0.2, 0.25) is 0 Å². The fraction of sp³-hybridized carbons (Fsp3) is 0.167. The van der Waals surface area contributed by atoms with Gasteiger partial charge in [0, 0.05) is 5.56 Å². The Hall–Kier alpha value is -3.60. The van der Waals surface area contributed by atoms with Crippen molar-refractivity contribution in [2.45, 2.75) is 13.0 Å². The molecule has 1 N–H and O–H groups in total. The number of carbonyl (C=O) groups is 2. The topological polar surface area (TPSA) is 64.6 Å². The maximum absolute atomic E-state index is 12.0. The molecule has 0 aliphatic rings. The minimum absolute atomic E-state index is 0.170. The molecule has 0 unspecified atom stereocenters. The predicted molar refractivity (Wildman–Crippen MR) is 111 cm³/mol. The normalized spacial score (nSPS) is 11.3. The zero-order valence-corrected chi connectivity index (χ0v) is 16.2. The van der Waals surface area contributed by atoms with E-state index < -0.39 is 5.97 Å². The summed E-state index contributed by atoms with van der Waals surface area (Å²) in [5, 5.41) is 2.80. The molecule has 0 aliphatic carbocycles. The quantitative estimate of drug-likeness (QED) is 0.588. The zero-order chi connectivity index (χ0) is 20.5. The fourth-order valence-corrected chi connectivity index (χ4v) is 2.88. The zero-order valence-electron chi connectivity index (χ0n) is 16.2. The van der Waals surface area contributed by atoms with Crippen LogP contribution in [0.15, 0.2) is 84.9 Å². The molecular formula is C24H23NO4. The highest BCUT2D eigenvalue weighted by atomic mass is 16.6. The molecule has 0 spiro atoms. The second-order valence-electron chi connectivity index (χ2n) is 6.51. The molecule has 148 valence electrons. The summed E-state index contributed by atoms with van der Waals surface area (Å²) in [5.41, 5.74) is 2.86. The molecule has 3 aromatic carbocycles. The molecule has 3 rings (SSSR count). The summed E-state index contributed by atoms with van der Waals surface area (Å²) < 4.78 is 10.7. The Morgan fingerprint density at radius 2 is 1.45 bits per heavy atom. The molecule has 0 heterocycles. The maximum atomic E-state index is 12.0. The lowest BCUT2D eigenvalue weighted by atomic mass is 10.1. The number of hydrogen-bond donors (Lipinski definition) is 1. The average molecular weight is 389 g/mol. The lowest BCUT2D eigenvalue weighted by Crippen LogP contribution is -2.31. The summed E-state index contributed by atoms with van der Waals surface area (Å²) >= 11 is 0. The monoisotopic (exact) mass is 389 g/mol. The van der Waals surface area contributed by atoms with Gasteiger partial charge in [0.25, 0.3) is 5.91 Å². The molecule has 0 aromatic heterocycles. The van der Waals surface area contributed by atoms with E-state index in [1.807, 2.05) is 85.8 Å². The van der Waals surface area contributed by atoms with E-state index in [4.69, 9.17) is 9.47 Å². The van der Waals surface area contributed by atoms with Gasteiger partial charge in [-0.05, 0) is 24.1 Å². The number of rotatable bonds is 8. The summed E-state index contributed by atoms with van der Waals surface area (Å²) in [4.78, 5) is 24.0. The smallest absolute Gasteiger partial charge is 0.344 e. The molecule has 0 radical (unpaired) electrons. The van der Waals surface area contributed by atoms with E-state index in [-0.39, 0.29) is 25.2 Å². The Bertz CT molecular complexity index is 941. The largest absolute Gasteiger partial charge is 0.481 e. The third kappa shape index (κ3) is 5.94. The van der Waals surface area contributed by atoms with Crippen molar-refractivity contribution in [2.24, 2.45) is 0 Å². The summed E-state index contributed by atoms with van der Waals surface area (Å²) in [6, 6.07) is 26.6. The van der Waals surface area contributed by atoms with Crippen LogP contribution in [0.3, 0.4) is 0 Å². The van der Waals surface area contributed by atoms with Gasteiger partial charge < -0.3 is 14.8 Å². The van der Waals surface area contributed by atoms with Gasteiger partial charge in [0.05, 0.1) is 6.04 Å². The number of hydrogen-bond acceptors (Lipinski definition) is 4. The lowest BCUT2D eigenvalue weighted by Gasteiger charge is -2.14. The minimum atomic E-state index is -0.602. The molecule has 3 aromatic rings. The highest BCUT2D eigenvalue weighted by Gasteiger charge is 2.13. The van der Waals surface area contributed by atoms with Crippen LogP contribution >= 0.6 is 0 Å². The van der Waals surface area contributed by atoms with Crippen molar-refractivity contribution in [1.29, 1.82) is 0 Å². The molecule has 0 saturated heterocycles. The molecule has 0 aliphatic heterocycles. The lowest BCUT2D eigenvalue weighted by molar-refractivity contribution is -0.150. The Labute approximate surface area is 170 Å². The van der Waals surface area contributed by atoms with Gasteiger partial charge in [-0.3, -0.25) is 4.79 Å². The Morgan fingerprint density at radius 1 is 0.828 bits per heavy atom. The van der Waals surface area contributed by atoms with Crippen LogP contribution in [0.1, 0.15) is 18.5 Å². The molecule has 0 saturated carbocycles. The van der Waals surface area contributed by atoms with Crippen molar-refractivity contribution in [2.75, 3.05) is 13.2 Å². The predicted octanol–water partition coefficient (Wildman–Crippen LogP) is 4.15. The first kappa shape index (κ1) is 20.1. The third-order valence-corrected chi connectivity index (χ3v) is 4.36. The SMILES string of the molecule is C[C@H](NC(=O)COC(=O)COc1ccccc1-c1ccccc1)c1ccccc1. The van der Waals surface area contributed by atoms with E-state index in [1.165, 1.54) is 0 Å². The summed E-state index contributed by atoms with van der Waals surface area (Å²) in [5.74, 6) is -0.382. The van der Waals surface area contributed by atoms with Crippen molar-refractivity contribution in [3.8, 4) is 16.9 Å². The van der Waals surface area contributed by atoms with E-state index in [1.54, 1.807) is 6.07 Å². The average Bonchev–Trinajstić information content (AvgIpc) is 2.77. The van der Waals surface area contributed by atoms with Crippen molar-refractivity contribution < 1.29 is 19.1 Å². The second kappa shape index (κ2) is 10.1. The Kier molecular flexibility index (Phi) is 7.00. The van der Waals surface area contributed by atoms with E-state index in [0.29, 0.717) is 5.75 Å². The molecule has 29 heavy (non-hydrogen) atoms. The van der Waals surface area contributed by atoms with Crippen LogP contribution in [0.5, 0.6) is 5.75 Å². The molecule has 5 nitrogen and oxygen atoms in total. The number of para-hydroxylation sites is 1. The van der Waals surface area contributed by atoms with Crippen LogP contribution in [-0.2, 0) is 14.3 Å². The van der Waals surface area contributed by atoms with Crippen LogP contribution in [0, 0.1) is 0 Å². The van der Waals surface area contributed by atoms with Gasteiger partial charge in [-0.2, -0.15) is 0 Å². The number of esters is 1. The molecule has 0 fully saturated rings. The number of nitrogens with one attached hydrogen (secondary N) is 1. The van der Waals surface area contributed by atoms with Crippen LogP contribution in [0.25, 0.3) is 11.1 Å². The standard InChI is InChI=1S/C24H23NO4/c1-18(19-10-4-2-5-11-19)25-23(26)16-29-24(27)17-28-22-15-9-8-14-21(22)20-12-6-3-7-13-20/h2-15,18H,16-17H2,1H3,(H,25,26)/t18-/m0/s1. The van der Waals surface area contributed by atoms with E-state index >= 15 is 0 Å². The van der Waals surface area contributed by atoms with Gasteiger partial charge in [0.2, 0.25) is 0 Å². The van der Waals surface area contributed by atoms with Gasteiger partial charge in [0.15, 0.2) is 13.2 Å². The number of ether oxygens (including phenoxy) is 2. The van der Waals surface area contributed by atoms with Gasteiger partial charge in [0.1, 0.15) is 5.75 Å². The fourth-order valence-electron chi connectivity index (χ4n) is 2.88. The van der Waals surface area contributed by atoms with Gasteiger partial charge in [-0.25, -0.2) is 4.79 Å². The van der Waals surface area contributed by atoms with E-state index in [0.717, 1.165) is 16.7 Å². The summed E-state index contributed by atoms with van der Waals surface area (Å²) in [6.45, 7) is 1.25. The highest BCUT2D eigenvalue weighted by molar-refractivity contribution is 5.81. The maximum Gasteiger partial charge on any atom is 0.344 e.